The van der Waals surface area contributed by atoms with Gasteiger partial charge in [0.25, 0.3) is 0 Å². The van der Waals surface area contributed by atoms with Crippen molar-refractivity contribution in [2.75, 3.05) is 5.75 Å². The van der Waals surface area contributed by atoms with Crippen molar-refractivity contribution in [3.8, 4) is 0 Å². The van der Waals surface area contributed by atoms with Crippen LogP contribution in [-0.4, -0.2) is 63.8 Å². The van der Waals surface area contributed by atoms with Gasteiger partial charge in [-0.25, -0.2) is 8.42 Å². The second kappa shape index (κ2) is 10.0. The SMILES string of the molecule is C[C@H](CCC(=O)NC(C)(C)CS(=O)(=O)[O-])[C@H]1CC[C@H]2[C@@H]3[C@H](O)C[C@@H]4C[C@H](O)CC[C@]4(C)[C@H]3C[C@H](O)[C@]12C. The lowest BCUT2D eigenvalue weighted by atomic mass is 9.43. The van der Waals surface area contributed by atoms with E-state index >= 15 is 0 Å². The highest BCUT2D eigenvalue weighted by Gasteiger charge is 2.65. The standard InChI is InChI=1S/C28H49NO7S/c1-16(6-9-24(33)29-26(2,3)15-37(34,35)36)19-7-8-20-25-21(14-23(32)28(19,20)5)27(4)11-10-18(30)12-17(27)13-22(25)31/h16-23,25,30-32H,6-15H2,1-5H3,(H,29,33)(H,34,35,36)/p-1/t16-,17+,18-,19-,20+,21+,22-,23+,25+,27+,28-/m1/s1. The highest BCUT2D eigenvalue weighted by molar-refractivity contribution is 7.85. The van der Waals surface area contributed by atoms with Crippen LogP contribution in [0.15, 0.2) is 0 Å². The van der Waals surface area contributed by atoms with Gasteiger partial charge in [-0.2, -0.15) is 0 Å². The number of carbonyl (C=O) groups excluding carboxylic acids is 1. The first-order valence-electron chi connectivity index (χ1n) is 14.3. The van der Waals surface area contributed by atoms with E-state index in [0.717, 1.165) is 38.5 Å². The Bertz CT molecular complexity index is 970. The zero-order valence-corrected chi connectivity index (χ0v) is 24.0. The van der Waals surface area contributed by atoms with Crippen LogP contribution < -0.4 is 5.32 Å². The lowest BCUT2D eigenvalue weighted by molar-refractivity contribution is -0.207. The molecule has 4 rings (SSSR count). The van der Waals surface area contributed by atoms with Crippen molar-refractivity contribution in [3.63, 3.8) is 0 Å². The lowest BCUT2D eigenvalue weighted by Gasteiger charge is -2.63. The molecule has 0 radical (unpaired) electrons. The van der Waals surface area contributed by atoms with Gasteiger partial charge in [0.05, 0.1) is 34.2 Å². The summed E-state index contributed by atoms with van der Waals surface area (Å²) in [5.41, 5.74) is -1.41. The molecular weight excluding hydrogens is 494 g/mol. The molecule has 4 fully saturated rings. The van der Waals surface area contributed by atoms with Crippen molar-refractivity contribution >= 4 is 16.0 Å². The number of aliphatic hydroxyl groups is 3. The van der Waals surface area contributed by atoms with E-state index in [4.69, 9.17) is 0 Å². The number of nitrogens with one attached hydrogen (secondary N) is 1. The summed E-state index contributed by atoms with van der Waals surface area (Å²) < 4.78 is 33.4. The number of hydrogen-bond donors (Lipinski definition) is 4. The van der Waals surface area contributed by atoms with Gasteiger partial charge in [0, 0.05) is 12.0 Å². The maximum Gasteiger partial charge on any atom is 0.220 e. The number of aliphatic hydroxyl groups excluding tert-OH is 3. The van der Waals surface area contributed by atoms with Gasteiger partial charge in [-0.3, -0.25) is 4.79 Å². The Hall–Kier alpha value is -0.740. The van der Waals surface area contributed by atoms with Crippen molar-refractivity contribution in [1.29, 1.82) is 0 Å². The summed E-state index contributed by atoms with van der Waals surface area (Å²) in [6.45, 7) is 9.73. The molecule has 0 aromatic heterocycles. The molecule has 0 aromatic rings. The molecule has 0 aliphatic heterocycles. The molecule has 0 bridgehead atoms. The maximum absolute atomic E-state index is 12.6. The van der Waals surface area contributed by atoms with Crippen LogP contribution in [0.1, 0.15) is 92.4 Å². The van der Waals surface area contributed by atoms with Gasteiger partial charge in [0.2, 0.25) is 5.91 Å². The third-order valence-electron chi connectivity index (χ3n) is 11.4. The minimum absolute atomic E-state index is 0.0393. The minimum atomic E-state index is -4.45. The molecule has 0 unspecified atom stereocenters. The first kappa shape index (κ1) is 29.2. The van der Waals surface area contributed by atoms with Crippen LogP contribution in [-0.2, 0) is 14.9 Å². The van der Waals surface area contributed by atoms with Crippen LogP contribution in [0.5, 0.6) is 0 Å². The second-order valence-electron chi connectivity index (χ2n) is 14.2. The van der Waals surface area contributed by atoms with Crippen LogP contribution in [0, 0.1) is 46.3 Å². The predicted molar refractivity (Wildman–Crippen MR) is 139 cm³/mol. The molecule has 9 heteroatoms. The van der Waals surface area contributed by atoms with E-state index in [1.54, 1.807) is 0 Å². The molecule has 0 heterocycles. The fourth-order valence-electron chi connectivity index (χ4n) is 9.61. The Morgan fingerprint density at radius 2 is 1.76 bits per heavy atom. The van der Waals surface area contributed by atoms with Gasteiger partial charge < -0.3 is 25.2 Å². The van der Waals surface area contributed by atoms with Crippen LogP contribution in [0.25, 0.3) is 0 Å². The molecule has 8 nitrogen and oxygen atoms in total. The van der Waals surface area contributed by atoms with E-state index in [0.29, 0.717) is 18.8 Å². The Morgan fingerprint density at radius 3 is 2.41 bits per heavy atom. The summed E-state index contributed by atoms with van der Waals surface area (Å²) in [6.07, 6.45) is 5.48. The summed E-state index contributed by atoms with van der Waals surface area (Å²) in [5.74, 6) is 0.392. The van der Waals surface area contributed by atoms with Crippen molar-refractivity contribution in [2.45, 2.75) is 116 Å². The predicted octanol–water partition coefficient (Wildman–Crippen LogP) is 2.80. The van der Waals surface area contributed by atoms with Gasteiger partial charge in [0.1, 0.15) is 0 Å². The van der Waals surface area contributed by atoms with Crippen molar-refractivity contribution in [3.05, 3.63) is 0 Å². The molecule has 1 amide bonds. The molecule has 37 heavy (non-hydrogen) atoms. The number of hydrogen-bond acceptors (Lipinski definition) is 7. The van der Waals surface area contributed by atoms with Gasteiger partial charge in [-0.15, -0.1) is 0 Å². The summed E-state index contributed by atoms with van der Waals surface area (Å²) >= 11 is 0. The molecule has 4 N–H and O–H groups in total. The third-order valence-corrected chi connectivity index (χ3v) is 12.4. The molecule has 0 aromatic carbocycles. The lowest BCUT2D eigenvalue weighted by Crippen LogP contribution is -2.62. The van der Waals surface area contributed by atoms with Crippen molar-refractivity contribution in [2.24, 2.45) is 46.3 Å². The Morgan fingerprint density at radius 1 is 1.08 bits per heavy atom. The monoisotopic (exact) mass is 542 g/mol. The molecule has 0 saturated heterocycles. The summed E-state index contributed by atoms with van der Waals surface area (Å²) in [7, 11) is -4.45. The van der Waals surface area contributed by atoms with Gasteiger partial charge in [-0.05, 0) is 112 Å². The summed E-state index contributed by atoms with van der Waals surface area (Å²) in [5, 5.41) is 36.1. The van der Waals surface area contributed by atoms with E-state index < -0.39 is 33.6 Å². The van der Waals surface area contributed by atoms with Crippen LogP contribution in [0.2, 0.25) is 0 Å². The Kier molecular flexibility index (Phi) is 7.92. The van der Waals surface area contributed by atoms with E-state index in [1.807, 2.05) is 0 Å². The zero-order chi connectivity index (χ0) is 27.6. The third kappa shape index (κ3) is 5.49. The van der Waals surface area contributed by atoms with Crippen LogP contribution in [0.3, 0.4) is 0 Å². The molecule has 0 spiro atoms. The average molecular weight is 543 g/mol. The fraction of sp³-hybridized carbons (Fsp3) is 0.964. The van der Waals surface area contributed by atoms with E-state index in [2.05, 4.69) is 26.1 Å². The molecule has 4 saturated carbocycles. The highest BCUT2D eigenvalue weighted by Crippen LogP contribution is 2.68. The van der Waals surface area contributed by atoms with E-state index in [-0.39, 0.29) is 58.9 Å². The largest absolute Gasteiger partial charge is 0.748 e. The second-order valence-corrected chi connectivity index (χ2v) is 15.6. The van der Waals surface area contributed by atoms with E-state index in [9.17, 15) is 33.1 Å². The normalized spacial score (nSPS) is 44.9. The minimum Gasteiger partial charge on any atom is -0.748 e. The quantitative estimate of drug-likeness (QED) is 0.362. The number of fused-ring (bicyclic) bond motifs is 5. The Labute approximate surface area is 222 Å². The van der Waals surface area contributed by atoms with Crippen LogP contribution >= 0.6 is 0 Å². The summed E-state index contributed by atoms with van der Waals surface area (Å²) in [4.78, 5) is 12.6. The molecule has 11 atom stereocenters. The molecule has 214 valence electrons. The smallest absolute Gasteiger partial charge is 0.220 e. The average Bonchev–Trinajstić information content (AvgIpc) is 3.10. The number of carbonyl (C=O) groups is 1. The summed E-state index contributed by atoms with van der Waals surface area (Å²) in [6, 6.07) is 0. The van der Waals surface area contributed by atoms with E-state index in [1.165, 1.54) is 13.8 Å². The molecule has 4 aliphatic carbocycles. The maximum atomic E-state index is 12.6. The van der Waals surface area contributed by atoms with Crippen molar-refractivity contribution in [1.82, 2.24) is 5.32 Å². The van der Waals surface area contributed by atoms with Gasteiger partial charge >= 0.3 is 0 Å². The number of rotatable bonds is 7. The number of amides is 1. The van der Waals surface area contributed by atoms with Gasteiger partial charge in [-0.1, -0.05) is 20.8 Å². The first-order chi connectivity index (χ1) is 17.0. The van der Waals surface area contributed by atoms with Gasteiger partial charge in [0.15, 0.2) is 0 Å². The van der Waals surface area contributed by atoms with Crippen molar-refractivity contribution < 1.29 is 33.1 Å². The highest BCUT2D eigenvalue weighted by atomic mass is 32.2. The molecule has 4 aliphatic rings. The molecular formula is C28H48NO7S-. The Balaban J connectivity index is 1.44. The topological polar surface area (TPSA) is 147 Å². The van der Waals surface area contributed by atoms with Crippen LogP contribution in [0.4, 0.5) is 0 Å². The zero-order valence-electron chi connectivity index (χ0n) is 23.2. The first-order valence-corrected chi connectivity index (χ1v) is 15.8. The fourth-order valence-corrected chi connectivity index (χ4v) is 10.6.